The quantitative estimate of drug-likeness (QED) is 0.891. The molecule has 2 N–H and O–H groups in total. The van der Waals surface area contributed by atoms with Crippen molar-refractivity contribution in [3.63, 3.8) is 0 Å². The maximum Gasteiger partial charge on any atom is 0.250 e. The molecule has 0 aliphatic heterocycles. The highest BCUT2D eigenvalue weighted by Crippen LogP contribution is 2.15. The van der Waals surface area contributed by atoms with Gasteiger partial charge in [0.2, 0.25) is 0 Å². The molecule has 0 bridgehead atoms. The van der Waals surface area contributed by atoms with Crippen molar-refractivity contribution in [3.8, 4) is 0 Å². The van der Waals surface area contributed by atoms with Crippen LogP contribution in [-0.2, 0) is 6.54 Å². The van der Waals surface area contributed by atoms with E-state index in [0.29, 0.717) is 16.3 Å². The van der Waals surface area contributed by atoms with E-state index in [1.165, 1.54) is 29.0 Å². The van der Waals surface area contributed by atoms with Crippen LogP contribution in [0.25, 0.3) is 0 Å². The van der Waals surface area contributed by atoms with Gasteiger partial charge in [-0.05, 0) is 18.2 Å². The number of benzene rings is 1. The third-order valence-electron chi connectivity index (χ3n) is 2.36. The first-order valence-corrected chi connectivity index (χ1v) is 5.34. The molecule has 0 aliphatic carbocycles. The van der Waals surface area contributed by atoms with E-state index in [1.807, 2.05) is 0 Å². The highest BCUT2D eigenvalue weighted by molar-refractivity contribution is 6.30. The van der Waals surface area contributed by atoms with E-state index in [0.717, 1.165) is 0 Å². The van der Waals surface area contributed by atoms with E-state index < -0.39 is 5.82 Å². The van der Waals surface area contributed by atoms with Crippen LogP contribution in [0.2, 0.25) is 5.02 Å². The Morgan fingerprint density at radius 1 is 1.29 bits per heavy atom. The molecule has 88 valence electrons. The standard InChI is InChI=1S/C12H10ClFN2O/c13-9-2-1-8(11(14)5-9)6-16-7-10(15)3-4-12(16)17/h1-5,7H,6,15H2. The van der Waals surface area contributed by atoms with Gasteiger partial charge >= 0.3 is 0 Å². The Labute approximate surface area is 102 Å². The summed E-state index contributed by atoms with van der Waals surface area (Å²) in [5.74, 6) is -0.438. The number of hydrogen-bond acceptors (Lipinski definition) is 2. The van der Waals surface area contributed by atoms with E-state index in [-0.39, 0.29) is 12.1 Å². The predicted molar refractivity (Wildman–Crippen MR) is 65.6 cm³/mol. The summed E-state index contributed by atoms with van der Waals surface area (Å²) in [4.78, 5) is 11.5. The normalized spacial score (nSPS) is 10.5. The molecule has 17 heavy (non-hydrogen) atoms. The van der Waals surface area contributed by atoms with Crippen molar-refractivity contribution in [2.24, 2.45) is 0 Å². The van der Waals surface area contributed by atoms with Gasteiger partial charge < -0.3 is 10.3 Å². The average Bonchev–Trinajstić information content (AvgIpc) is 2.27. The fourth-order valence-corrected chi connectivity index (χ4v) is 1.67. The topological polar surface area (TPSA) is 48.0 Å². The average molecular weight is 253 g/mol. The van der Waals surface area contributed by atoms with Gasteiger partial charge in [0.25, 0.3) is 5.56 Å². The van der Waals surface area contributed by atoms with Crippen molar-refractivity contribution >= 4 is 17.3 Å². The van der Waals surface area contributed by atoms with Gasteiger partial charge in [0.15, 0.2) is 0 Å². The third-order valence-corrected chi connectivity index (χ3v) is 2.60. The number of anilines is 1. The smallest absolute Gasteiger partial charge is 0.250 e. The second kappa shape index (κ2) is 4.59. The second-order valence-electron chi connectivity index (χ2n) is 3.66. The molecule has 0 saturated carbocycles. The third kappa shape index (κ3) is 2.65. The molecule has 1 aromatic heterocycles. The lowest BCUT2D eigenvalue weighted by Gasteiger charge is -2.07. The number of halogens is 2. The molecule has 0 saturated heterocycles. The van der Waals surface area contributed by atoms with Gasteiger partial charge in [0.1, 0.15) is 5.82 Å². The SMILES string of the molecule is Nc1ccc(=O)n(Cc2ccc(Cl)cc2F)c1. The molecule has 0 radical (unpaired) electrons. The van der Waals surface area contributed by atoms with Gasteiger partial charge in [0.05, 0.1) is 6.54 Å². The largest absolute Gasteiger partial charge is 0.398 e. The molecule has 2 aromatic rings. The van der Waals surface area contributed by atoms with Crippen LogP contribution in [-0.4, -0.2) is 4.57 Å². The lowest BCUT2D eigenvalue weighted by Crippen LogP contribution is -2.20. The zero-order chi connectivity index (χ0) is 12.4. The number of nitrogens with zero attached hydrogens (tertiary/aromatic N) is 1. The van der Waals surface area contributed by atoms with Gasteiger partial charge in [-0.25, -0.2) is 4.39 Å². The summed E-state index contributed by atoms with van der Waals surface area (Å²) in [6.07, 6.45) is 1.48. The minimum atomic E-state index is -0.438. The number of nitrogens with two attached hydrogens (primary N) is 1. The number of pyridine rings is 1. The molecule has 0 unspecified atom stereocenters. The summed E-state index contributed by atoms with van der Waals surface area (Å²) in [6.45, 7) is 0.132. The highest BCUT2D eigenvalue weighted by atomic mass is 35.5. The van der Waals surface area contributed by atoms with E-state index in [4.69, 9.17) is 17.3 Å². The van der Waals surface area contributed by atoms with Crippen molar-refractivity contribution in [2.75, 3.05) is 5.73 Å². The van der Waals surface area contributed by atoms with Crippen molar-refractivity contribution in [1.82, 2.24) is 4.57 Å². The Balaban J connectivity index is 2.38. The number of rotatable bonds is 2. The van der Waals surface area contributed by atoms with Crippen molar-refractivity contribution < 1.29 is 4.39 Å². The molecule has 0 atom stereocenters. The lowest BCUT2D eigenvalue weighted by molar-refractivity contribution is 0.596. The molecule has 1 heterocycles. The molecule has 0 amide bonds. The number of aromatic nitrogens is 1. The molecule has 0 spiro atoms. The van der Waals surface area contributed by atoms with Gasteiger partial charge in [-0.1, -0.05) is 17.7 Å². The van der Waals surface area contributed by atoms with Crippen molar-refractivity contribution in [2.45, 2.75) is 6.54 Å². The van der Waals surface area contributed by atoms with E-state index in [1.54, 1.807) is 12.1 Å². The van der Waals surface area contributed by atoms with Crippen molar-refractivity contribution in [1.29, 1.82) is 0 Å². The molecule has 2 rings (SSSR count). The molecular weight excluding hydrogens is 243 g/mol. The highest BCUT2D eigenvalue weighted by Gasteiger charge is 2.05. The Bertz CT molecular complexity index is 610. The van der Waals surface area contributed by atoms with Crippen LogP contribution in [0.1, 0.15) is 5.56 Å². The second-order valence-corrected chi connectivity index (χ2v) is 4.10. The molecule has 3 nitrogen and oxygen atoms in total. The zero-order valence-corrected chi connectivity index (χ0v) is 9.62. The minimum Gasteiger partial charge on any atom is -0.398 e. The van der Waals surface area contributed by atoms with Crippen LogP contribution in [0.5, 0.6) is 0 Å². The summed E-state index contributed by atoms with van der Waals surface area (Å²) in [5.41, 5.74) is 6.19. The lowest BCUT2D eigenvalue weighted by atomic mass is 10.2. The summed E-state index contributed by atoms with van der Waals surface area (Å²) in [5, 5.41) is 0.325. The Kier molecular flexibility index (Phi) is 3.15. The van der Waals surface area contributed by atoms with Crippen LogP contribution in [0.4, 0.5) is 10.1 Å². The fraction of sp³-hybridized carbons (Fsp3) is 0.0833. The molecule has 1 aromatic carbocycles. The summed E-state index contributed by atoms with van der Waals surface area (Å²) >= 11 is 5.65. The summed E-state index contributed by atoms with van der Waals surface area (Å²) in [7, 11) is 0. The van der Waals surface area contributed by atoms with Gasteiger partial charge in [0, 0.05) is 28.5 Å². The van der Waals surface area contributed by atoms with E-state index in [9.17, 15) is 9.18 Å². The minimum absolute atomic E-state index is 0.132. The molecule has 0 fully saturated rings. The molecule has 5 heteroatoms. The Morgan fingerprint density at radius 3 is 2.76 bits per heavy atom. The van der Waals surface area contributed by atoms with Gasteiger partial charge in [-0.2, -0.15) is 0 Å². The van der Waals surface area contributed by atoms with Crippen LogP contribution in [0, 0.1) is 5.82 Å². The zero-order valence-electron chi connectivity index (χ0n) is 8.86. The summed E-state index contributed by atoms with van der Waals surface area (Å²) in [6, 6.07) is 7.21. The predicted octanol–water partition coefficient (Wildman–Crippen LogP) is 2.27. The Morgan fingerprint density at radius 2 is 2.06 bits per heavy atom. The number of hydrogen-bond donors (Lipinski definition) is 1. The Hall–Kier alpha value is -1.81. The first kappa shape index (κ1) is 11.7. The summed E-state index contributed by atoms with van der Waals surface area (Å²) < 4.78 is 14.9. The van der Waals surface area contributed by atoms with Crippen LogP contribution < -0.4 is 11.3 Å². The molecule has 0 aliphatic rings. The van der Waals surface area contributed by atoms with E-state index in [2.05, 4.69) is 0 Å². The fourth-order valence-electron chi connectivity index (χ4n) is 1.51. The van der Waals surface area contributed by atoms with Gasteiger partial charge in [-0.15, -0.1) is 0 Å². The van der Waals surface area contributed by atoms with Crippen LogP contribution >= 0.6 is 11.6 Å². The first-order chi connectivity index (χ1) is 8.06. The van der Waals surface area contributed by atoms with E-state index >= 15 is 0 Å². The van der Waals surface area contributed by atoms with Gasteiger partial charge in [-0.3, -0.25) is 4.79 Å². The van der Waals surface area contributed by atoms with Crippen LogP contribution in [0.3, 0.4) is 0 Å². The van der Waals surface area contributed by atoms with Crippen LogP contribution in [0.15, 0.2) is 41.3 Å². The number of nitrogen functional groups attached to an aromatic ring is 1. The first-order valence-electron chi connectivity index (χ1n) is 4.96. The maximum absolute atomic E-state index is 13.5. The monoisotopic (exact) mass is 252 g/mol. The maximum atomic E-state index is 13.5. The van der Waals surface area contributed by atoms with Crippen molar-refractivity contribution in [3.05, 3.63) is 63.3 Å². The molecular formula is C12H10ClFN2O.